The van der Waals surface area contributed by atoms with Gasteiger partial charge < -0.3 is 10.1 Å². The van der Waals surface area contributed by atoms with E-state index >= 15 is 0 Å². The van der Waals surface area contributed by atoms with Crippen molar-refractivity contribution in [3.8, 4) is 0 Å². The Bertz CT molecular complexity index is 286. The van der Waals surface area contributed by atoms with Crippen molar-refractivity contribution in [2.24, 2.45) is 5.92 Å². The van der Waals surface area contributed by atoms with E-state index in [0.29, 0.717) is 5.92 Å². The van der Waals surface area contributed by atoms with Gasteiger partial charge in [-0.3, -0.25) is 0 Å². The lowest BCUT2D eigenvalue weighted by Gasteiger charge is -2.17. The predicted octanol–water partition coefficient (Wildman–Crippen LogP) is 2.60. The van der Waals surface area contributed by atoms with Crippen LogP contribution in [-0.4, -0.2) is 18.6 Å². The van der Waals surface area contributed by atoms with Gasteiger partial charge in [-0.2, -0.15) is 0 Å². The minimum absolute atomic E-state index is 0.144. The minimum atomic E-state index is 0.144. The van der Waals surface area contributed by atoms with Crippen LogP contribution in [0.5, 0.6) is 0 Å². The smallest absolute Gasteiger partial charge is 0.122 e. The second-order valence-corrected chi connectivity index (χ2v) is 4.96. The molecule has 0 fully saturated rings. The fraction of sp³-hybridized carbons (Fsp3) is 0.727. The molecule has 0 spiro atoms. The van der Waals surface area contributed by atoms with E-state index in [-0.39, 0.29) is 6.10 Å². The monoisotopic (exact) mass is 228 g/mol. The van der Waals surface area contributed by atoms with Gasteiger partial charge >= 0.3 is 0 Å². The highest BCUT2D eigenvalue weighted by molar-refractivity contribution is 7.11. The lowest BCUT2D eigenvalue weighted by molar-refractivity contribution is 0.0293. The largest absolute Gasteiger partial charge is 0.371 e. The van der Waals surface area contributed by atoms with Crippen LogP contribution in [0.2, 0.25) is 0 Å². The molecule has 0 aromatic carbocycles. The van der Waals surface area contributed by atoms with E-state index in [1.807, 2.05) is 20.2 Å². The number of nitrogens with zero attached hydrogens (tertiary/aromatic N) is 1. The van der Waals surface area contributed by atoms with Crippen LogP contribution in [0.25, 0.3) is 0 Å². The first-order valence-electron chi connectivity index (χ1n) is 5.39. The van der Waals surface area contributed by atoms with Gasteiger partial charge in [0.25, 0.3) is 0 Å². The number of ether oxygens (including phenoxy) is 1. The predicted molar refractivity (Wildman–Crippen MR) is 64.1 cm³/mol. The molecule has 1 rings (SSSR count). The van der Waals surface area contributed by atoms with Gasteiger partial charge in [0.1, 0.15) is 11.1 Å². The van der Waals surface area contributed by atoms with Crippen molar-refractivity contribution in [3.05, 3.63) is 16.1 Å². The number of thiazole rings is 1. The Morgan fingerprint density at radius 1 is 1.53 bits per heavy atom. The first-order chi connectivity index (χ1) is 7.19. The summed E-state index contributed by atoms with van der Waals surface area (Å²) < 4.78 is 5.71. The molecule has 1 atom stereocenters. The van der Waals surface area contributed by atoms with Crippen molar-refractivity contribution in [3.63, 3.8) is 0 Å². The van der Waals surface area contributed by atoms with Crippen LogP contribution in [0.3, 0.4) is 0 Å². The van der Waals surface area contributed by atoms with Crippen LogP contribution in [0.4, 0.5) is 0 Å². The normalized spacial score (nSPS) is 13.4. The summed E-state index contributed by atoms with van der Waals surface area (Å²) in [5.41, 5.74) is 0. The summed E-state index contributed by atoms with van der Waals surface area (Å²) in [6.45, 7) is 7.98. The molecule has 0 aliphatic heterocycles. The third-order valence-electron chi connectivity index (χ3n) is 2.12. The van der Waals surface area contributed by atoms with Crippen LogP contribution in [-0.2, 0) is 11.3 Å². The van der Waals surface area contributed by atoms with E-state index in [9.17, 15) is 0 Å². The van der Waals surface area contributed by atoms with Crippen LogP contribution in [0.15, 0.2) is 6.20 Å². The third-order valence-corrected chi connectivity index (χ3v) is 3.18. The van der Waals surface area contributed by atoms with Crippen LogP contribution >= 0.6 is 11.3 Å². The van der Waals surface area contributed by atoms with E-state index in [1.165, 1.54) is 4.88 Å². The Balaban J connectivity index is 2.72. The zero-order valence-electron chi connectivity index (χ0n) is 9.91. The lowest BCUT2D eigenvalue weighted by Crippen LogP contribution is -2.10. The second-order valence-electron chi connectivity index (χ2n) is 3.82. The van der Waals surface area contributed by atoms with Crippen LogP contribution in [0.1, 0.15) is 36.8 Å². The number of nitrogens with one attached hydrogen (secondary N) is 1. The van der Waals surface area contributed by atoms with E-state index in [4.69, 9.17) is 4.74 Å². The maximum Gasteiger partial charge on any atom is 0.122 e. The molecule has 3 nitrogen and oxygen atoms in total. The van der Waals surface area contributed by atoms with E-state index in [1.54, 1.807) is 11.3 Å². The SMILES string of the molecule is CCOC(c1ncc(CNC)s1)C(C)C. The molecule has 0 aliphatic carbocycles. The van der Waals surface area contributed by atoms with Gasteiger partial charge in [0, 0.05) is 24.2 Å². The molecule has 15 heavy (non-hydrogen) atoms. The summed E-state index contributed by atoms with van der Waals surface area (Å²) in [4.78, 5) is 5.69. The molecule has 86 valence electrons. The molecule has 1 N–H and O–H groups in total. The Morgan fingerprint density at radius 2 is 2.27 bits per heavy atom. The van der Waals surface area contributed by atoms with Crippen molar-refractivity contribution < 1.29 is 4.74 Å². The quantitative estimate of drug-likeness (QED) is 0.812. The molecule has 0 amide bonds. The summed E-state index contributed by atoms with van der Waals surface area (Å²) >= 11 is 1.74. The molecule has 1 unspecified atom stereocenters. The molecule has 0 saturated carbocycles. The Labute approximate surface area is 95.9 Å². The van der Waals surface area contributed by atoms with E-state index in [0.717, 1.165) is 18.2 Å². The van der Waals surface area contributed by atoms with Gasteiger partial charge in [0.2, 0.25) is 0 Å². The second kappa shape index (κ2) is 6.20. The standard InChI is InChI=1S/C11H20N2OS/c1-5-14-10(8(2)3)11-13-7-9(15-11)6-12-4/h7-8,10,12H,5-6H2,1-4H3. The fourth-order valence-corrected chi connectivity index (χ4v) is 2.59. The molecule has 1 heterocycles. The van der Waals surface area contributed by atoms with Gasteiger partial charge in [0.15, 0.2) is 0 Å². The zero-order valence-corrected chi connectivity index (χ0v) is 10.7. The summed E-state index contributed by atoms with van der Waals surface area (Å²) in [6, 6.07) is 0. The van der Waals surface area contributed by atoms with Gasteiger partial charge in [-0.25, -0.2) is 4.98 Å². The topological polar surface area (TPSA) is 34.1 Å². The maximum absolute atomic E-state index is 5.71. The van der Waals surface area contributed by atoms with E-state index < -0.39 is 0 Å². The van der Waals surface area contributed by atoms with Crippen LogP contribution in [0, 0.1) is 5.92 Å². The van der Waals surface area contributed by atoms with Gasteiger partial charge in [-0.05, 0) is 19.9 Å². The Hall–Kier alpha value is -0.450. The molecular formula is C11H20N2OS. The first kappa shape index (κ1) is 12.6. The summed E-state index contributed by atoms with van der Waals surface area (Å²) in [6.07, 6.45) is 2.08. The maximum atomic E-state index is 5.71. The summed E-state index contributed by atoms with van der Waals surface area (Å²) in [7, 11) is 1.95. The van der Waals surface area contributed by atoms with Gasteiger partial charge in [-0.1, -0.05) is 13.8 Å². The molecule has 0 radical (unpaired) electrons. The number of aromatic nitrogens is 1. The number of rotatable bonds is 6. The molecular weight excluding hydrogens is 208 g/mol. The highest BCUT2D eigenvalue weighted by Crippen LogP contribution is 2.29. The number of hydrogen-bond acceptors (Lipinski definition) is 4. The van der Waals surface area contributed by atoms with Gasteiger partial charge in [-0.15, -0.1) is 11.3 Å². The third kappa shape index (κ3) is 3.55. The fourth-order valence-electron chi connectivity index (χ4n) is 1.44. The molecule has 0 saturated heterocycles. The van der Waals surface area contributed by atoms with Crippen LogP contribution < -0.4 is 5.32 Å². The van der Waals surface area contributed by atoms with Crippen molar-refractivity contribution >= 4 is 11.3 Å². The summed E-state index contributed by atoms with van der Waals surface area (Å²) in [5.74, 6) is 0.471. The number of hydrogen-bond donors (Lipinski definition) is 1. The van der Waals surface area contributed by atoms with Crippen molar-refractivity contribution in [1.29, 1.82) is 0 Å². The van der Waals surface area contributed by atoms with Crippen molar-refractivity contribution in [2.75, 3.05) is 13.7 Å². The molecule has 4 heteroatoms. The van der Waals surface area contributed by atoms with Crippen molar-refractivity contribution in [1.82, 2.24) is 10.3 Å². The average Bonchev–Trinajstić information content (AvgIpc) is 2.62. The molecule has 0 bridgehead atoms. The minimum Gasteiger partial charge on any atom is -0.371 e. The average molecular weight is 228 g/mol. The zero-order chi connectivity index (χ0) is 11.3. The highest BCUT2D eigenvalue weighted by Gasteiger charge is 2.19. The molecule has 1 aromatic heterocycles. The summed E-state index contributed by atoms with van der Waals surface area (Å²) in [5, 5.41) is 4.22. The Morgan fingerprint density at radius 3 is 2.80 bits per heavy atom. The first-order valence-corrected chi connectivity index (χ1v) is 6.21. The molecule has 1 aromatic rings. The lowest BCUT2D eigenvalue weighted by atomic mass is 10.1. The van der Waals surface area contributed by atoms with Crippen molar-refractivity contribution in [2.45, 2.75) is 33.4 Å². The van der Waals surface area contributed by atoms with E-state index in [2.05, 4.69) is 24.1 Å². The Kier molecular flexibility index (Phi) is 5.22. The molecule has 0 aliphatic rings. The van der Waals surface area contributed by atoms with Gasteiger partial charge in [0.05, 0.1) is 0 Å². The highest BCUT2D eigenvalue weighted by atomic mass is 32.1.